The first kappa shape index (κ1) is 28.1. The Morgan fingerprint density at radius 2 is 1.61 bits per heavy atom. The number of halogens is 5. The maximum Gasteiger partial charge on any atom is 0.335 e. The van der Waals surface area contributed by atoms with Gasteiger partial charge >= 0.3 is 6.03 Å². The summed E-state index contributed by atoms with van der Waals surface area (Å²) in [5.41, 5.74) is 0.851. The number of carbonyl (C=O) groups excluding carboxylic acids is 4. The van der Waals surface area contributed by atoms with Crippen molar-refractivity contribution in [3.8, 4) is 5.75 Å². The number of hydrogen-bond donors (Lipinski definition) is 2. The number of hydrogen-bond acceptors (Lipinski definition) is 5. The molecule has 1 heterocycles. The Hall–Kier alpha value is -2.89. The maximum absolute atomic E-state index is 13.1. The number of rotatable bonds is 6. The van der Waals surface area contributed by atoms with Crippen LogP contribution in [0, 0.1) is 0 Å². The molecule has 3 aromatic carbocycles. The van der Waals surface area contributed by atoms with Gasteiger partial charge in [-0.1, -0.05) is 34.8 Å². The molecule has 0 aromatic heterocycles. The van der Waals surface area contributed by atoms with Crippen molar-refractivity contribution >= 4 is 108 Å². The fourth-order valence-corrected chi connectivity index (χ4v) is 5.22. The molecule has 4 rings (SSSR count). The predicted octanol–water partition coefficient (Wildman–Crippen LogP) is 6.86. The van der Waals surface area contributed by atoms with Crippen molar-refractivity contribution in [2.24, 2.45) is 0 Å². The number of nitrogens with one attached hydrogen (secondary N) is 2. The highest BCUT2D eigenvalue weighted by molar-refractivity contribution is 9.11. The second kappa shape index (κ2) is 11.9. The zero-order valence-corrected chi connectivity index (χ0v) is 24.3. The van der Waals surface area contributed by atoms with Crippen LogP contribution in [0.15, 0.2) is 69.1 Å². The second-order valence-electron chi connectivity index (χ2n) is 7.71. The van der Waals surface area contributed by atoms with Crippen LogP contribution < -0.4 is 20.3 Å². The smallest absolute Gasteiger partial charge is 0.335 e. The van der Waals surface area contributed by atoms with E-state index in [0.29, 0.717) is 31.0 Å². The normalized spacial score (nSPS) is 14.5. The Morgan fingerprint density at radius 1 is 0.947 bits per heavy atom. The number of amides is 5. The molecule has 2 N–H and O–H groups in total. The fraction of sp³-hybridized carbons (Fsp3) is 0.0400. The highest BCUT2D eigenvalue weighted by Crippen LogP contribution is 2.36. The largest absolute Gasteiger partial charge is 0.481 e. The van der Waals surface area contributed by atoms with E-state index in [1.807, 2.05) is 0 Å². The molecule has 194 valence electrons. The highest BCUT2D eigenvalue weighted by Gasteiger charge is 2.37. The van der Waals surface area contributed by atoms with Gasteiger partial charge in [-0.05, 0) is 98.1 Å². The average Bonchev–Trinajstić information content (AvgIpc) is 2.85. The molecule has 38 heavy (non-hydrogen) atoms. The number of benzene rings is 3. The monoisotopic (exact) mass is 699 g/mol. The Bertz CT molecular complexity index is 1490. The van der Waals surface area contributed by atoms with Gasteiger partial charge in [0.15, 0.2) is 6.61 Å². The number of nitrogens with zero attached hydrogens (tertiary/aromatic N) is 1. The Labute approximate surface area is 248 Å². The van der Waals surface area contributed by atoms with Gasteiger partial charge in [0.2, 0.25) is 0 Å². The minimum Gasteiger partial charge on any atom is -0.481 e. The van der Waals surface area contributed by atoms with E-state index in [9.17, 15) is 19.2 Å². The summed E-state index contributed by atoms with van der Waals surface area (Å²) in [6.45, 7) is -0.290. The molecule has 1 saturated heterocycles. The summed E-state index contributed by atoms with van der Waals surface area (Å²) in [4.78, 5) is 51.1. The van der Waals surface area contributed by atoms with E-state index in [0.717, 1.165) is 4.90 Å². The first-order valence-corrected chi connectivity index (χ1v) is 13.3. The predicted molar refractivity (Wildman–Crippen MR) is 153 cm³/mol. The van der Waals surface area contributed by atoms with Crippen molar-refractivity contribution in [1.82, 2.24) is 5.32 Å². The molecule has 0 unspecified atom stereocenters. The second-order valence-corrected chi connectivity index (χ2v) is 10.7. The van der Waals surface area contributed by atoms with Crippen molar-refractivity contribution in [3.63, 3.8) is 0 Å². The zero-order chi connectivity index (χ0) is 27.6. The first-order valence-electron chi connectivity index (χ1n) is 10.6. The molecule has 0 bridgehead atoms. The molecule has 0 spiro atoms. The third-order valence-corrected chi connectivity index (χ3v) is 7.24. The van der Waals surface area contributed by atoms with Crippen molar-refractivity contribution in [1.29, 1.82) is 0 Å². The van der Waals surface area contributed by atoms with Gasteiger partial charge in [0.25, 0.3) is 17.7 Å². The summed E-state index contributed by atoms with van der Waals surface area (Å²) in [6.07, 6.45) is 1.32. The van der Waals surface area contributed by atoms with E-state index in [1.165, 1.54) is 24.3 Å². The van der Waals surface area contributed by atoms with E-state index in [-0.39, 0.29) is 27.9 Å². The Morgan fingerprint density at radius 3 is 2.24 bits per heavy atom. The summed E-state index contributed by atoms with van der Waals surface area (Å²) in [5.74, 6) is -1.77. The number of ether oxygens (including phenoxy) is 1. The van der Waals surface area contributed by atoms with Crippen LogP contribution in [-0.4, -0.2) is 30.4 Å². The SMILES string of the molecule is O=C(COc1c(Br)cc(/C=C2\C(=O)NC(=O)N(c3ccc(Cl)c(Cl)c3)C2=O)cc1Br)Nc1ccc(Cl)cc1. The Balaban J connectivity index is 1.53. The number of carbonyl (C=O) groups is 4. The van der Waals surface area contributed by atoms with Crippen LogP contribution in [0.3, 0.4) is 0 Å². The molecule has 1 aliphatic rings. The Kier molecular flexibility index (Phi) is 8.79. The molecule has 13 heteroatoms. The summed E-state index contributed by atoms with van der Waals surface area (Å²) in [6, 6.07) is 13.1. The van der Waals surface area contributed by atoms with Gasteiger partial charge < -0.3 is 10.1 Å². The zero-order valence-electron chi connectivity index (χ0n) is 18.9. The van der Waals surface area contributed by atoms with E-state index in [4.69, 9.17) is 39.5 Å². The standard InChI is InChI=1S/C25H14Br2Cl3N3O5/c26-17-8-12(9-18(27)22(17)38-11-21(34)31-14-3-1-13(28)2-4-14)7-16-23(35)32-25(37)33(24(16)36)15-5-6-19(29)20(30)10-15/h1-10H,11H2,(H,31,34)(H,32,35,37)/b16-7+. The van der Waals surface area contributed by atoms with E-state index in [1.54, 1.807) is 36.4 Å². The summed E-state index contributed by atoms with van der Waals surface area (Å²) >= 11 is 24.6. The number of urea groups is 1. The van der Waals surface area contributed by atoms with Gasteiger partial charge in [-0.25, -0.2) is 9.69 Å². The number of imide groups is 2. The number of anilines is 2. The minimum absolute atomic E-state index is 0.137. The molecule has 0 atom stereocenters. The van der Waals surface area contributed by atoms with Crippen LogP contribution in [0.1, 0.15) is 5.56 Å². The van der Waals surface area contributed by atoms with Crippen LogP contribution in [0.4, 0.5) is 16.2 Å². The lowest BCUT2D eigenvalue weighted by Crippen LogP contribution is -2.54. The van der Waals surface area contributed by atoms with Crippen molar-refractivity contribution < 1.29 is 23.9 Å². The molecule has 1 fully saturated rings. The molecule has 0 aliphatic carbocycles. The lowest BCUT2D eigenvalue weighted by molar-refractivity contribution is -0.122. The van der Waals surface area contributed by atoms with Crippen LogP contribution >= 0.6 is 66.7 Å². The van der Waals surface area contributed by atoms with Gasteiger partial charge in [0.1, 0.15) is 11.3 Å². The van der Waals surface area contributed by atoms with Crippen molar-refractivity contribution in [2.75, 3.05) is 16.8 Å². The van der Waals surface area contributed by atoms with Crippen molar-refractivity contribution in [2.45, 2.75) is 0 Å². The fourth-order valence-electron chi connectivity index (χ4n) is 3.35. The van der Waals surface area contributed by atoms with Gasteiger partial charge in [-0.3, -0.25) is 19.7 Å². The molecule has 0 saturated carbocycles. The van der Waals surface area contributed by atoms with Crippen LogP contribution in [-0.2, 0) is 14.4 Å². The summed E-state index contributed by atoms with van der Waals surface area (Å²) in [5, 5.41) is 5.75. The third kappa shape index (κ3) is 6.39. The molecule has 1 aliphatic heterocycles. The summed E-state index contributed by atoms with van der Waals surface area (Å²) < 4.78 is 6.53. The lowest BCUT2D eigenvalue weighted by Gasteiger charge is -2.26. The maximum atomic E-state index is 13.1. The van der Waals surface area contributed by atoms with Crippen LogP contribution in [0.5, 0.6) is 5.75 Å². The van der Waals surface area contributed by atoms with E-state index >= 15 is 0 Å². The number of barbiturate groups is 1. The van der Waals surface area contributed by atoms with Crippen molar-refractivity contribution in [3.05, 3.63) is 89.7 Å². The molecule has 8 nitrogen and oxygen atoms in total. The van der Waals surface area contributed by atoms with Crippen LogP contribution in [0.25, 0.3) is 6.08 Å². The molecule has 3 aromatic rings. The van der Waals surface area contributed by atoms with Gasteiger partial charge in [0, 0.05) is 10.7 Å². The van der Waals surface area contributed by atoms with Gasteiger partial charge in [-0.2, -0.15) is 0 Å². The van der Waals surface area contributed by atoms with Gasteiger partial charge in [0.05, 0.1) is 24.7 Å². The lowest BCUT2D eigenvalue weighted by atomic mass is 10.1. The van der Waals surface area contributed by atoms with E-state index in [2.05, 4.69) is 42.5 Å². The summed E-state index contributed by atoms with van der Waals surface area (Å²) in [7, 11) is 0. The minimum atomic E-state index is -0.918. The first-order chi connectivity index (χ1) is 18.0. The highest BCUT2D eigenvalue weighted by atomic mass is 79.9. The molecule has 5 amide bonds. The quantitative estimate of drug-likeness (QED) is 0.216. The molecule has 0 radical (unpaired) electrons. The molecular formula is C25H14Br2Cl3N3O5. The van der Waals surface area contributed by atoms with E-state index < -0.39 is 23.8 Å². The van der Waals surface area contributed by atoms with Gasteiger partial charge in [-0.15, -0.1) is 0 Å². The van der Waals surface area contributed by atoms with Crippen LogP contribution in [0.2, 0.25) is 15.1 Å². The third-order valence-electron chi connectivity index (χ3n) is 5.07. The average molecular weight is 703 g/mol. The molecular weight excluding hydrogens is 688 g/mol. The topological polar surface area (TPSA) is 105 Å².